The lowest BCUT2D eigenvalue weighted by Gasteiger charge is -2.29. The number of carbonyl (C=O) groups is 1. The Morgan fingerprint density at radius 2 is 2.06 bits per heavy atom. The molecule has 2 rings (SSSR count). The second-order valence-electron chi connectivity index (χ2n) is 4.08. The smallest absolute Gasteiger partial charge is 0.328 e. The van der Waals surface area contributed by atoms with Crippen LogP contribution in [-0.2, 0) is 4.79 Å². The molecule has 0 bridgehead atoms. The van der Waals surface area contributed by atoms with Crippen LogP contribution in [0.5, 0.6) is 0 Å². The van der Waals surface area contributed by atoms with E-state index in [-0.39, 0.29) is 0 Å². The van der Waals surface area contributed by atoms with E-state index in [1.54, 1.807) is 6.08 Å². The summed E-state index contributed by atoms with van der Waals surface area (Å²) < 4.78 is 0. The van der Waals surface area contributed by atoms with Crippen LogP contribution in [0.1, 0.15) is 18.9 Å². The third-order valence-corrected chi connectivity index (χ3v) is 2.88. The van der Waals surface area contributed by atoms with Crippen molar-refractivity contribution in [2.24, 2.45) is 5.92 Å². The highest BCUT2D eigenvalue weighted by Crippen LogP contribution is 2.41. The average Bonchev–Trinajstić information content (AvgIpc) is 2.25. The van der Waals surface area contributed by atoms with Gasteiger partial charge in [-0.3, -0.25) is 0 Å². The van der Waals surface area contributed by atoms with E-state index in [0.717, 1.165) is 12.0 Å². The minimum absolute atomic E-state index is 0.524. The molecule has 1 aromatic rings. The van der Waals surface area contributed by atoms with Crippen LogP contribution in [0.3, 0.4) is 0 Å². The van der Waals surface area contributed by atoms with E-state index in [9.17, 15) is 4.79 Å². The zero-order chi connectivity index (χ0) is 11.5. The number of hydrogen-bond acceptors (Lipinski definition) is 1. The van der Waals surface area contributed by atoms with Crippen molar-refractivity contribution in [3.05, 3.63) is 53.6 Å². The first-order chi connectivity index (χ1) is 7.68. The molecule has 0 heterocycles. The molecular formula is C14H14O2. The summed E-state index contributed by atoms with van der Waals surface area (Å²) in [5.74, 6) is -0.365. The molecule has 1 atom stereocenters. The van der Waals surface area contributed by atoms with E-state index in [0.29, 0.717) is 5.92 Å². The lowest BCUT2D eigenvalue weighted by Crippen LogP contribution is -2.13. The summed E-state index contributed by atoms with van der Waals surface area (Å²) >= 11 is 0. The molecule has 1 aromatic carbocycles. The normalized spacial score (nSPS) is 19.9. The molecule has 1 aliphatic carbocycles. The standard InChI is InChI=1S/C14H14O2/c1-10-9-12(7-8-13(15)16)14(10)11-5-3-2-4-6-11/h2-8,10H,9H2,1H3,(H,15,16). The number of rotatable bonds is 3. The summed E-state index contributed by atoms with van der Waals surface area (Å²) in [6, 6.07) is 10.1. The van der Waals surface area contributed by atoms with Gasteiger partial charge in [-0.1, -0.05) is 43.3 Å². The fourth-order valence-electron chi connectivity index (χ4n) is 2.14. The van der Waals surface area contributed by atoms with Crippen molar-refractivity contribution in [2.75, 3.05) is 0 Å². The van der Waals surface area contributed by atoms with Gasteiger partial charge in [-0.15, -0.1) is 0 Å². The fourth-order valence-corrected chi connectivity index (χ4v) is 2.14. The Bertz CT molecular complexity index is 455. The van der Waals surface area contributed by atoms with Crippen LogP contribution in [0.2, 0.25) is 0 Å². The number of aliphatic carboxylic acids is 1. The topological polar surface area (TPSA) is 37.3 Å². The number of benzene rings is 1. The maximum absolute atomic E-state index is 10.5. The van der Waals surface area contributed by atoms with E-state index in [1.165, 1.54) is 17.2 Å². The number of allylic oxidation sites excluding steroid dienone is 3. The van der Waals surface area contributed by atoms with Crippen LogP contribution in [0.15, 0.2) is 48.1 Å². The van der Waals surface area contributed by atoms with Crippen molar-refractivity contribution in [1.29, 1.82) is 0 Å². The summed E-state index contributed by atoms with van der Waals surface area (Å²) in [4.78, 5) is 10.5. The molecule has 16 heavy (non-hydrogen) atoms. The highest BCUT2D eigenvalue weighted by Gasteiger charge is 2.24. The second kappa shape index (κ2) is 4.35. The molecule has 2 nitrogen and oxygen atoms in total. The van der Waals surface area contributed by atoms with Crippen molar-refractivity contribution >= 4 is 11.5 Å². The van der Waals surface area contributed by atoms with E-state index < -0.39 is 5.97 Å². The van der Waals surface area contributed by atoms with Gasteiger partial charge in [-0.05, 0) is 29.0 Å². The van der Waals surface area contributed by atoms with E-state index >= 15 is 0 Å². The van der Waals surface area contributed by atoms with Crippen LogP contribution in [-0.4, -0.2) is 11.1 Å². The minimum atomic E-state index is -0.889. The van der Waals surface area contributed by atoms with Gasteiger partial charge in [-0.2, -0.15) is 0 Å². The van der Waals surface area contributed by atoms with Crippen LogP contribution < -0.4 is 0 Å². The molecular weight excluding hydrogens is 200 g/mol. The second-order valence-corrected chi connectivity index (χ2v) is 4.08. The van der Waals surface area contributed by atoms with Crippen molar-refractivity contribution < 1.29 is 9.90 Å². The molecule has 0 aliphatic heterocycles. The van der Waals surface area contributed by atoms with Gasteiger partial charge in [0.05, 0.1) is 0 Å². The number of hydrogen-bond donors (Lipinski definition) is 1. The zero-order valence-corrected chi connectivity index (χ0v) is 9.18. The molecule has 1 aliphatic rings. The molecule has 0 aromatic heterocycles. The van der Waals surface area contributed by atoms with Gasteiger partial charge in [0, 0.05) is 6.08 Å². The maximum Gasteiger partial charge on any atom is 0.328 e. The van der Waals surface area contributed by atoms with Gasteiger partial charge >= 0.3 is 5.97 Å². The van der Waals surface area contributed by atoms with Crippen LogP contribution in [0.4, 0.5) is 0 Å². The van der Waals surface area contributed by atoms with Crippen molar-refractivity contribution in [3.8, 4) is 0 Å². The van der Waals surface area contributed by atoms with Gasteiger partial charge in [0.25, 0.3) is 0 Å². The highest BCUT2D eigenvalue weighted by molar-refractivity contribution is 5.83. The van der Waals surface area contributed by atoms with Crippen molar-refractivity contribution in [2.45, 2.75) is 13.3 Å². The maximum atomic E-state index is 10.5. The van der Waals surface area contributed by atoms with Crippen LogP contribution in [0.25, 0.3) is 5.57 Å². The SMILES string of the molecule is CC1CC(C=CC(=O)O)=C1c1ccccc1. The van der Waals surface area contributed by atoms with Crippen molar-refractivity contribution in [1.82, 2.24) is 0 Å². The Labute approximate surface area is 94.9 Å². The predicted molar refractivity (Wildman–Crippen MR) is 63.9 cm³/mol. The molecule has 1 unspecified atom stereocenters. The first kappa shape index (κ1) is 10.7. The first-order valence-electron chi connectivity index (χ1n) is 5.38. The predicted octanol–water partition coefficient (Wildman–Crippen LogP) is 3.12. The molecule has 0 saturated heterocycles. The minimum Gasteiger partial charge on any atom is -0.478 e. The summed E-state index contributed by atoms with van der Waals surface area (Å²) in [5, 5.41) is 8.60. The summed E-state index contributed by atoms with van der Waals surface area (Å²) in [6.45, 7) is 2.17. The first-order valence-corrected chi connectivity index (χ1v) is 5.38. The zero-order valence-electron chi connectivity index (χ0n) is 9.18. The van der Waals surface area contributed by atoms with Gasteiger partial charge < -0.3 is 5.11 Å². The summed E-state index contributed by atoms with van der Waals surface area (Å²) in [7, 11) is 0. The monoisotopic (exact) mass is 214 g/mol. The molecule has 82 valence electrons. The van der Waals surface area contributed by atoms with Gasteiger partial charge in [0.1, 0.15) is 0 Å². The van der Waals surface area contributed by atoms with E-state index in [1.807, 2.05) is 18.2 Å². The van der Waals surface area contributed by atoms with Gasteiger partial charge in [0.15, 0.2) is 0 Å². The average molecular weight is 214 g/mol. The summed E-state index contributed by atoms with van der Waals surface area (Å²) in [6.07, 6.45) is 3.89. The Hall–Kier alpha value is -1.83. The molecule has 0 spiro atoms. The third-order valence-electron chi connectivity index (χ3n) is 2.88. The fraction of sp³-hybridized carbons (Fsp3) is 0.214. The van der Waals surface area contributed by atoms with Gasteiger partial charge in [-0.25, -0.2) is 4.79 Å². The molecule has 0 saturated carbocycles. The third kappa shape index (κ3) is 2.06. The lowest BCUT2D eigenvalue weighted by atomic mass is 9.75. The van der Waals surface area contributed by atoms with Crippen molar-refractivity contribution in [3.63, 3.8) is 0 Å². The number of carboxylic acid groups (broad SMARTS) is 1. The summed E-state index contributed by atoms with van der Waals surface area (Å²) in [5.41, 5.74) is 3.62. The molecule has 0 radical (unpaired) electrons. The van der Waals surface area contributed by atoms with Gasteiger partial charge in [0.2, 0.25) is 0 Å². The highest BCUT2D eigenvalue weighted by atomic mass is 16.4. The van der Waals surface area contributed by atoms with E-state index in [2.05, 4.69) is 19.1 Å². The van der Waals surface area contributed by atoms with Crippen LogP contribution in [0, 0.1) is 5.92 Å². The Morgan fingerprint density at radius 3 is 2.62 bits per heavy atom. The van der Waals surface area contributed by atoms with Crippen LogP contribution >= 0.6 is 0 Å². The Kier molecular flexibility index (Phi) is 2.91. The number of carboxylic acids is 1. The lowest BCUT2D eigenvalue weighted by molar-refractivity contribution is -0.131. The molecule has 0 fully saturated rings. The molecule has 1 N–H and O–H groups in total. The molecule has 2 heteroatoms. The molecule has 0 amide bonds. The van der Waals surface area contributed by atoms with E-state index in [4.69, 9.17) is 5.11 Å². The largest absolute Gasteiger partial charge is 0.478 e. The Balaban J connectivity index is 2.31. The Morgan fingerprint density at radius 1 is 1.38 bits per heavy atom. The quantitative estimate of drug-likeness (QED) is 0.785.